The number of hydrogen-bond donors (Lipinski definition) is 1. The molecule has 4 rings (SSSR count). The van der Waals surface area contributed by atoms with E-state index < -0.39 is 10.0 Å². The lowest BCUT2D eigenvalue weighted by molar-refractivity contribution is 0.102. The Morgan fingerprint density at radius 3 is 2.41 bits per heavy atom. The molecule has 1 saturated heterocycles. The molecule has 1 fully saturated rings. The number of nitrogens with one attached hydrogen (secondary N) is 1. The summed E-state index contributed by atoms with van der Waals surface area (Å²) in [7, 11) is -3.59. The van der Waals surface area contributed by atoms with Crippen molar-refractivity contribution in [1.82, 2.24) is 8.87 Å². The Balaban J connectivity index is 1.62. The molecule has 2 heterocycles. The summed E-state index contributed by atoms with van der Waals surface area (Å²) in [6.45, 7) is 1.04. The lowest BCUT2D eigenvalue weighted by atomic mass is 10.2. The number of amides is 1. The molecule has 0 spiro atoms. The second-order valence-electron chi connectivity index (χ2n) is 6.84. The van der Waals surface area contributed by atoms with Gasteiger partial charge in [0.1, 0.15) is 0 Å². The molecule has 3 aromatic rings. The number of anilines is 1. The van der Waals surface area contributed by atoms with Crippen LogP contribution in [0.3, 0.4) is 0 Å². The molecule has 0 unspecified atom stereocenters. The minimum absolute atomic E-state index is 0.133. The second-order valence-corrected chi connectivity index (χ2v) is 9.22. The van der Waals surface area contributed by atoms with Gasteiger partial charge in [-0.15, -0.1) is 0 Å². The van der Waals surface area contributed by atoms with Crippen LogP contribution in [-0.2, 0) is 10.0 Å². The van der Waals surface area contributed by atoms with Crippen molar-refractivity contribution in [2.24, 2.45) is 0 Å². The maximum atomic E-state index is 12.9. The molecular weight excluding hydrogens is 410 g/mol. The number of aromatic nitrogens is 1. The van der Waals surface area contributed by atoms with Crippen LogP contribution in [0.4, 0.5) is 5.69 Å². The third-order valence-electron chi connectivity index (χ3n) is 4.89. The van der Waals surface area contributed by atoms with E-state index in [2.05, 4.69) is 5.32 Å². The number of carbonyl (C=O) groups excluding carboxylic acids is 1. The van der Waals surface area contributed by atoms with Gasteiger partial charge in [0.05, 0.1) is 16.3 Å². The predicted octanol–water partition coefficient (Wildman–Crippen LogP) is 4.17. The fraction of sp³-hybridized carbons (Fsp3) is 0.190. The molecule has 0 aliphatic carbocycles. The maximum absolute atomic E-state index is 12.9. The third-order valence-corrected chi connectivity index (χ3v) is 7.02. The summed E-state index contributed by atoms with van der Waals surface area (Å²) in [6.07, 6.45) is 5.42. The summed E-state index contributed by atoms with van der Waals surface area (Å²) < 4.78 is 28.9. The van der Waals surface area contributed by atoms with Crippen LogP contribution in [0.25, 0.3) is 5.69 Å². The molecular formula is C21H20ClN3O3S. The Bertz CT molecular complexity index is 1140. The molecule has 150 valence electrons. The van der Waals surface area contributed by atoms with Crippen molar-refractivity contribution in [2.75, 3.05) is 18.4 Å². The molecule has 0 atom stereocenters. The van der Waals surface area contributed by atoms with E-state index in [0.29, 0.717) is 23.8 Å². The van der Waals surface area contributed by atoms with E-state index in [1.54, 1.807) is 30.3 Å². The summed E-state index contributed by atoms with van der Waals surface area (Å²) >= 11 is 6.12. The van der Waals surface area contributed by atoms with Crippen molar-refractivity contribution in [3.05, 3.63) is 77.6 Å². The molecule has 6 nitrogen and oxygen atoms in total. The Hall–Kier alpha value is -2.61. The first-order valence-corrected chi connectivity index (χ1v) is 11.1. The average molecular weight is 430 g/mol. The van der Waals surface area contributed by atoms with Crippen LogP contribution in [0.5, 0.6) is 0 Å². The summed E-state index contributed by atoms with van der Waals surface area (Å²) in [5.74, 6) is -0.390. The van der Waals surface area contributed by atoms with Gasteiger partial charge in [-0.1, -0.05) is 17.7 Å². The van der Waals surface area contributed by atoms with Gasteiger partial charge in [-0.2, -0.15) is 4.31 Å². The lowest BCUT2D eigenvalue weighted by Crippen LogP contribution is -2.28. The quantitative estimate of drug-likeness (QED) is 0.661. The molecule has 0 bridgehead atoms. The van der Waals surface area contributed by atoms with Gasteiger partial charge in [0.25, 0.3) is 5.91 Å². The van der Waals surface area contributed by atoms with Crippen molar-refractivity contribution in [3.63, 3.8) is 0 Å². The zero-order valence-electron chi connectivity index (χ0n) is 15.6. The van der Waals surface area contributed by atoms with Crippen LogP contribution in [0.15, 0.2) is 71.9 Å². The zero-order valence-corrected chi connectivity index (χ0v) is 17.2. The average Bonchev–Trinajstić information content (AvgIpc) is 3.44. The van der Waals surface area contributed by atoms with Crippen LogP contribution in [0, 0.1) is 0 Å². The summed E-state index contributed by atoms with van der Waals surface area (Å²) in [4.78, 5) is 13.0. The number of halogens is 1. The highest BCUT2D eigenvalue weighted by Gasteiger charge is 2.27. The Kier molecular flexibility index (Phi) is 5.45. The standard InChI is InChI=1S/C21H20ClN3O3S/c22-17-8-9-19(20(15-17)24-10-1-2-11-24)23-21(26)16-6-5-7-18(14-16)29(27,28)25-12-3-4-13-25/h1-2,5-11,14-15H,3-4,12-13H2,(H,23,26). The van der Waals surface area contributed by atoms with Crippen LogP contribution in [0.2, 0.25) is 5.02 Å². The van der Waals surface area contributed by atoms with Crippen LogP contribution < -0.4 is 5.32 Å². The second kappa shape index (κ2) is 8.02. The van der Waals surface area contributed by atoms with Crippen LogP contribution in [-0.4, -0.2) is 36.3 Å². The maximum Gasteiger partial charge on any atom is 0.255 e. The van der Waals surface area contributed by atoms with Gasteiger partial charge < -0.3 is 9.88 Å². The SMILES string of the molecule is O=C(Nc1ccc(Cl)cc1-n1cccc1)c1cccc(S(=O)(=O)N2CCCC2)c1. The zero-order chi connectivity index (χ0) is 20.4. The van der Waals surface area contributed by atoms with Crippen molar-refractivity contribution >= 4 is 33.2 Å². The largest absolute Gasteiger partial charge is 0.322 e. The van der Waals surface area contributed by atoms with Gasteiger partial charge in [0, 0.05) is 36.1 Å². The first kappa shape index (κ1) is 19.7. The smallest absolute Gasteiger partial charge is 0.255 e. The Labute approximate surface area is 174 Å². The monoisotopic (exact) mass is 429 g/mol. The van der Waals surface area contributed by atoms with E-state index in [1.165, 1.54) is 16.4 Å². The summed E-state index contributed by atoms with van der Waals surface area (Å²) in [6, 6.07) is 15.1. The molecule has 0 radical (unpaired) electrons. The molecule has 8 heteroatoms. The first-order valence-electron chi connectivity index (χ1n) is 9.29. The third kappa shape index (κ3) is 4.07. The van der Waals surface area contributed by atoms with Crippen LogP contribution in [0.1, 0.15) is 23.2 Å². The Morgan fingerprint density at radius 1 is 0.966 bits per heavy atom. The van der Waals surface area contributed by atoms with Crippen molar-refractivity contribution in [3.8, 4) is 5.69 Å². The van der Waals surface area contributed by atoms with E-state index in [9.17, 15) is 13.2 Å². The fourth-order valence-electron chi connectivity index (χ4n) is 3.39. The summed E-state index contributed by atoms with van der Waals surface area (Å²) in [5.41, 5.74) is 1.57. The minimum Gasteiger partial charge on any atom is -0.322 e. The molecule has 0 saturated carbocycles. The number of benzene rings is 2. The predicted molar refractivity (Wildman–Crippen MR) is 113 cm³/mol. The highest BCUT2D eigenvalue weighted by Crippen LogP contribution is 2.26. The van der Waals surface area contributed by atoms with Gasteiger partial charge in [0.2, 0.25) is 10.0 Å². The van der Waals surface area contributed by atoms with E-state index in [0.717, 1.165) is 18.5 Å². The number of rotatable bonds is 5. The molecule has 2 aromatic carbocycles. The molecule has 1 aromatic heterocycles. The highest BCUT2D eigenvalue weighted by molar-refractivity contribution is 7.89. The lowest BCUT2D eigenvalue weighted by Gasteiger charge is -2.16. The first-order chi connectivity index (χ1) is 13.9. The molecule has 1 aliphatic rings. The van der Waals surface area contributed by atoms with E-state index >= 15 is 0 Å². The van der Waals surface area contributed by atoms with Crippen molar-refractivity contribution in [2.45, 2.75) is 17.7 Å². The van der Waals surface area contributed by atoms with E-state index in [1.807, 2.05) is 29.1 Å². The highest BCUT2D eigenvalue weighted by atomic mass is 35.5. The Morgan fingerprint density at radius 2 is 1.69 bits per heavy atom. The molecule has 1 amide bonds. The fourth-order valence-corrected chi connectivity index (χ4v) is 5.12. The number of hydrogen-bond acceptors (Lipinski definition) is 3. The summed E-state index contributed by atoms with van der Waals surface area (Å²) in [5, 5.41) is 3.41. The molecule has 1 aliphatic heterocycles. The van der Waals surface area contributed by atoms with Gasteiger partial charge in [-0.3, -0.25) is 4.79 Å². The van der Waals surface area contributed by atoms with Gasteiger partial charge >= 0.3 is 0 Å². The van der Waals surface area contributed by atoms with E-state index in [-0.39, 0.29) is 16.4 Å². The molecule has 1 N–H and O–H groups in total. The number of nitrogens with zero attached hydrogens (tertiary/aromatic N) is 2. The molecule has 29 heavy (non-hydrogen) atoms. The topological polar surface area (TPSA) is 71.4 Å². The van der Waals surface area contributed by atoms with Gasteiger partial charge in [-0.25, -0.2) is 8.42 Å². The van der Waals surface area contributed by atoms with Crippen molar-refractivity contribution < 1.29 is 13.2 Å². The van der Waals surface area contributed by atoms with Gasteiger partial charge in [0.15, 0.2) is 0 Å². The minimum atomic E-state index is -3.59. The van der Waals surface area contributed by atoms with E-state index in [4.69, 9.17) is 11.6 Å². The normalized spacial score (nSPS) is 14.8. The van der Waals surface area contributed by atoms with Crippen LogP contribution >= 0.6 is 11.6 Å². The number of carbonyl (C=O) groups is 1. The number of sulfonamides is 1. The van der Waals surface area contributed by atoms with Crippen molar-refractivity contribution in [1.29, 1.82) is 0 Å². The van der Waals surface area contributed by atoms with Gasteiger partial charge in [-0.05, 0) is 61.4 Å².